The zero-order chi connectivity index (χ0) is 29.5. The van der Waals surface area contributed by atoms with Gasteiger partial charge in [0.15, 0.2) is 0 Å². The van der Waals surface area contributed by atoms with E-state index < -0.39 is 18.1 Å². The first-order valence-corrected chi connectivity index (χ1v) is 14.1. The van der Waals surface area contributed by atoms with Gasteiger partial charge in [-0.1, -0.05) is 93.9 Å². The van der Waals surface area contributed by atoms with Crippen LogP contribution in [0.2, 0.25) is 0 Å². The number of primary amides is 1. The predicted octanol–water partition coefficient (Wildman–Crippen LogP) is 7.58. The van der Waals surface area contributed by atoms with Crippen molar-refractivity contribution in [3.63, 3.8) is 0 Å². The number of hydrogen-bond donors (Lipinski definition) is 1. The first-order valence-electron chi connectivity index (χ1n) is 14.1. The van der Waals surface area contributed by atoms with Crippen molar-refractivity contribution in [2.45, 2.75) is 93.3 Å². The Morgan fingerprint density at radius 1 is 1.10 bits per heavy atom. The van der Waals surface area contributed by atoms with Gasteiger partial charge in [0.25, 0.3) is 0 Å². The van der Waals surface area contributed by atoms with Crippen molar-refractivity contribution in [1.82, 2.24) is 0 Å². The molecular formula is C33H49NO5. The van der Waals surface area contributed by atoms with Gasteiger partial charge in [0, 0.05) is 18.4 Å². The lowest BCUT2D eigenvalue weighted by atomic mass is 9.82. The number of esters is 1. The van der Waals surface area contributed by atoms with Crippen molar-refractivity contribution >= 4 is 17.8 Å². The molecule has 0 saturated heterocycles. The van der Waals surface area contributed by atoms with E-state index in [9.17, 15) is 14.4 Å². The fourth-order valence-electron chi connectivity index (χ4n) is 4.96. The summed E-state index contributed by atoms with van der Waals surface area (Å²) in [5.74, 6) is -0.774. The van der Waals surface area contributed by atoms with Crippen LogP contribution in [0.25, 0.3) is 0 Å². The number of Topliss-reactive ketones (excluding diaryl/α,β-unsaturated/α-hetero) is 1. The fraction of sp³-hybridized carbons (Fsp3) is 0.545. The number of carbonyl (C=O) groups is 3. The molecule has 39 heavy (non-hydrogen) atoms. The largest absolute Gasteiger partial charge is 0.455 e. The molecule has 0 aromatic heterocycles. The molecule has 6 atom stereocenters. The van der Waals surface area contributed by atoms with Gasteiger partial charge in [-0.2, -0.15) is 0 Å². The van der Waals surface area contributed by atoms with Crippen molar-refractivity contribution in [3.8, 4) is 0 Å². The molecular weight excluding hydrogens is 490 g/mol. The van der Waals surface area contributed by atoms with Crippen LogP contribution >= 0.6 is 0 Å². The molecule has 0 spiro atoms. The van der Waals surface area contributed by atoms with Gasteiger partial charge >= 0.3 is 12.1 Å². The molecule has 1 amide bonds. The van der Waals surface area contributed by atoms with Crippen molar-refractivity contribution in [2.75, 3.05) is 0 Å². The zero-order valence-corrected chi connectivity index (χ0v) is 25.1. The summed E-state index contributed by atoms with van der Waals surface area (Å²) < 4.78 is 10.7. The van der Waals surface area contributed by atoms with Gasteiger partial charge in [0.2, 0.25) is 0 Å². The fourth-order valence-corrected chi connectivity index (χ4v) is 4.96. The average Bonchev–Trinajstić information content (AvgIpc) is 2.85. The van der Waals surface area contributed by atoms with Gasteiger partial charge in [0.1, 0.15) is 18.0 Å². The normalized spacial score (nSPS) is 21.0. The van der Waals surface area contributed by atoms with E-state index >= 15 is 0 Å². The van der Waals surface area contributed by atoms with E-state index in [4.69, 9.17) is 15.2 Å². The zero-order valence-electron chi connectivity index (χ0n) is 25.1. The molecule has 0 unspecified atom stereocenters. The van der Waals surface area contributed by atoms with Gasteiger partial charge in [-0.15, -0.1) is 0 Å². The molecule has 1 heterocycles. The molecule has 2 N–H and O–H groups in total. The van der Waals surface area contributed by atoms with E-state index in [1.54, 1.807) is 0 Å². The number of amides is 1. The van der Waals surface area contributed by atoms with E-state index in [1.807, 2.05) is 65.0 Å². The lowest BCUT2D eigenvalue weighted by molar-refractivity contribution is -0.141. The minimum atomic E-state index is -0.852. The van der Waals surface area contributed by atoms with E-state index in [2.05, 4.69) is 39.0 Å². The van der Waals surface area contributed by atoms with Crippen LogP contribution in [0, 0.1) is 23.7 Å². The summed E-state index contributed by atoms with van der Waals surface area (Å²) in [4.78, 5) is 36.2. The maximum atomic E-state index is 13.3. The van der Waals surface area contributed by atoms with Gasteiger partial charge in [0.05, 0.1) is 5.92 Å². The Morgan fingerprint density at radius 3 is 2.38 bits per heavy atom. The molecule has 0 radical (unpaired) electrons. The predicted molar refractivity (Wildman–Crippen MR) is 159 cm³/mol. The monoisotopic (exact) mass is 539 g/mol. The lowest BCUT2D eigenvalue weighted by Gasteiger charge is -2.29. The Labute approximate surface area is 235 Å². The summed E-state index contributed by atoms with van der Waals surface area (Å²) in [6.07, 6.45) is 19.2. The van der Waals surface area contributed by atoms with Crippen LogP contribution in [-0.2, 0) is 19.1 Å². The smallest absolute Gasteiger partial charge is 0.404 e. The molecule has 0 aromatic carbocycles. The average molecular weight is 540 g/mol. The highest BCUT2D eigenvalue weighted by Crippen LogP contribution is 2.26. The van der Waals surface area contributed by atoms with Crippen LogP contribution in [-0.4, -0.2) is 30.1 Å². The second kappa shape index (κ2) is 17.4. The third-order valence-corrected chi connectivity index (χ3v) is 6.81. The highest BCUT2D eigenvalue weighted by molar-refractivity contribution is 5.85. The molecule has 0 bridgehead atoms. The van der Waals surface area contributed by atoms with E-state index in [0.717, 1.165) is 30.4 Å². The van der Waals surface area contributed by atoms with Crippen LogP contribution in [0.4, 0.5) is 4.79 Å². The summed E-state index contributed by atoms with van der Waals surface area (Å²) in [6, 6.07) is 0. The van der Waals surface area contributed by atoms with E-state index in [1.165, 1.54) is 11.6 Å². The van der Waals surface area contributed by atoms with Crippen molar-refractivity contribution in [3.05, 3.63) is 71.4 Å². The second-order valence-electron chi connectivity index (χ2n) is 10.9. The number of allylic oxidation sites excluding steroid dienone is 9. The van der Waals surface area contributed by atoms with Crippen molar-refractivity contribution in [1.29, 1.82) is 0 Å². The summed E-state index contributed by atoms with van der Waals surface area (Å²) in [5.41, 5.74) is 8.67. The van der Waals surface area contributed by atoms with Crippen molar-refractivity contribution < 1.29 is 23.9 Å². The van der Waals surface area contributed by atoms with E-state index in [0.29, 0.717) is 12.3 Å². The standard InChI is InChI=1S/C33H49NO5/c1-9-12-22(2)21-27(7)32(39-33(34)37)28(8)31(36)26(6)20-24(4)14-10-13-23(3)19-25(5)17-18-29-15-11-16-30(35)38-29/h10-12,14,16-20,23,26-29,32H,9,13,15,21H2,1-8H3,(H2,34,37)/b14-10+,18-17+,22-12+,24-20+,25-19-/t23-,26-,27+,28-,29-,32-/m1/s1. The van der Waals surface area contributed by atoms with Gasteiger partial charge < -0.3 is 15.2 Å². The topological polar surface area (TPSA) is 95.7 Å². The molecule has 0 fully saturated rings. The Kier molecular flexibility index (Phi) is 15.1. The van der Waals surface area contributed by atoms with Gasteiger partial charge in [-0.05, 0) is 57.9 Å². The Morgan fingerprint density at radius 2 is 1.77 bits per heavy atom. The molecule has 216 valence electrons. The lowest BCUT2D eigenvalue weighted by Crippen LogP contribution is -2.39. The highest BCUT2D eigenvalue weighted by atomic mass is 16.6. The third kappa shape index (κ3) is 13.5. The van der Waals surface area contributed by atoms with Crippen LogP contribution in [0.3, 0.4) is 0 Å². The van der Waals surface area contributed by atoms with Crippen LogP contribution in [0.5, 0.6) is 0 Å². The minimum absolute atomic E-state index is 0.0239. The van der Waals surface area contributed by atoms with Gasteiger partial charge in [-0.3, -0.25) is 4.79 Å². The summed E-state index contributed by atoms with van der Waals surface area (Å²) in [7, 11) is 0. The number of carbonyl (C=O) groups excluding carboxylic acids is 3. The van der Waals surface area contributed by atoms with Crippen LogP contribution in [0.15, 0.2) is 71.4 Å². The Balaban J connectivity index is 2.73. The number of nitrogens with two attached hydrogens (primary N) is 1. The summed E-state index contributed by atoms with van der Waals surface area (Å²) in [5, 5.41) is 0. The second-order valence-corrected chi connectivity index (χ2v) is 10.9. The molecule has 1 aliphatic rings. The molecule has 0 aliphatic carbocycles. The molecule has 6 heteroatoms. The summed E-state index contributed by atoms with van der Waals surface area (Å²) in [6.45, 7) is 16.0. The number of rotatable bonds is 15. The highest BCUT2D eigenvalue weighted by Gasteiger charge is 2.33. The number of ketones is 1. The number of hydrogen-bond acceptors (Lipinski definition) is 5. The quantitative estimate of drug-likeness (QED) is 0.131. The minimum Gasteiger partial charge on any atom is -0.455 e. The molecule has 1 rings (SSSR count). The van der Waals surface area contributed by atoms with Crippen LogP contribution < -0.4 is 5.73 Å². The molecule has 0 saturated carbocycles. The third-order valence-electron chi connectivity index (χ3n) is 6.81. The summed E-state index contributed by atoms with van der Waals surface area (Å²) >= 11 is 0. The van der Waals surface area contributed by atoms with E-state index in [-0.39, 0.29) is 29.7 Å². The van der Waals surface area contributed by atoms with Crippen molar-refractivity contribution in [2.24, 2.45) is 29.4 Å². The Hall–Kier alpha value is -3.15. The Bertz CT molecular complexity index is 1010. The number of ether oxygens (including phenoxy) is 2. The maximum absolute atomic E-state index is 13.3. The van der Waals surface area contributed by atoms with Crippen LogP contribution in [0.1, 0.15) is 81.1 Å². The number of cyclic esters (lactones) is 1. The SMILES string of the molecule is CC/C=C(\C)C[C@H](C)[C@@H](OC(N)=O)[C@H](C)C(=O)[C@H](C)/C=C(C)/C=C/C[C@@H](C)/C=C(C)\C=C\[C@H]1CC=CC(=O)O1. The first-order chi connectivity index (χ1) is 18.3. The first kappa shape index (κ1) is 33.9. The maximum Gasteiger partial charge on any atom is 0.404 e. The van der Waals surface area contributed by atoms with Gasteiger partial charge in [-0.25, -0.2) is 9.59 Å². The molecule has 6 nitrogen and oxygen atoms in total. The molecule has 1 aliphatic heterocycles. The molecule has 0 aromatic rings.